The van der Waals surface area contributed by atoms with Crippen LogP contribution in [0, 0.1) is 6.92 Å². The fourth-order valence-electron chi connectivity index (χ4n) is 2.41. The third-order valence-corrected chi connectivity index (χ3v) is 6.96. The van der Waals surface area contributed by atoms with Gasteiger partial charge in [0, 0.05) is 13.1 Å². The zero-order chi connectivity index (χ0) is 13.3. The topological polar surface area (TPSA) is 76.3 Å². The van der Waals surface area contributed by atoms with Crippen molar-refractivity contribution in [3.63, 3.8) is 0 Å². The maximum absolute atomic E-state index is 12.5. The molecule has 18 heavy (non-hydrogen) atoms. The molecule has 2 rings (SSSR count). The van der Waals surface area contributed by atoms with Gasteiger partial charge in [0.05, 0.1) is 5.69 Å². The van der Waals surface area contributed by atoms with Crippen LogP contribution in [0.25, 0.3) is 0 Å². The Morgan fingerprint density at radius 2 is 1.94 bits per heavy atom. The number of aromatic nitrogens is 1. The molecule has 0 atom stereocenters. The van der Waals surface area contributed by atoms with Crippen LogP contribution in [0.1, 0.15) is 37.8 Å². The van der Waals surface area contributed by atoms with E-state index in [4.69, 9.17) is 5.73 Å². The van der Waals surface area contributed by atoms with Gasteiger partial charge in [0.2, 0.25) is 0 Å². The summed E-state index contributed by atoms with van der Waals surface area (Å²) in [6, 6.07) is 0.117. The number of aryl methyl sites for hydroxylation is 1. The van der Waals surface area contributed by atoms with E-state index in [1.54, 1.807) is 14.0 Å². The number of nitrogen functional groups attached to an aromatic ring is 1. The minimum absolute atomic E-state index is 0.117. The van der Waals surface area contributed by atoms with E-state index in [0.717, 1.165) is 37.0 Å². The molecular weight excluding hydrogens is 270 g/mol. The summed E-state index contributed by atoms with van der Waals surface area (Å²) in [5.41, 5.74) is 6.08. The molecule has 1 aromatic heterocycles. The molecule has 0 radical (unpaired) electrons. The number of sulfonamides is 1. The molecule has 1 aliphatic rings. The number of anilines is 1. The van der Waals surface area contributed by atoms with Crippen LogP contribution < -0.4 is 5.73 Å². The van der Waals surface area contributed by atoms with Crippen molar-refractivity contribution in [3.8, 4) is 0 Å². The fourth-order valence-corrected chi connectivity index (χ4v) is 5.29. The van der Waals surface area contributed by atoms with Crippen molar-refractivity contribution >= 4 is 26.5 Å². The quantitative estimate of drug-likeness (QED) is 0.923. The summed E-state index contributed by atoms with van der Waals surface area (Å²) >= 11 is 1.05. The predicted molar refractivity (Wildman–Crippen MR) is 73.1 cm³/mol. The molecule has 7 heteroatoms. The van der Waals surface area contributed by atoms with E-state index in [1.807, 2.05) is 0 Å². The number of thiazole rings is 1. The molecule has 0 amide bonds. The lowest BCUT2D eigenvalue weighted by molar-refractivity contribution is 0.286. The fraction of sp³-hybridized carbons (Fsp3) is 0.727. The van der Waals surface area contributed by atoms with E-state index in [1.165, 1.54) is 10.7 Å². The maximum atomic E-state index is 12.5. The third-order valence-electron chi connectivity index (χ3n) is 3.47. The standard InChI is InChI=1S/C11H19N3O2S2/c1-8-10(17-11(12)13-8)18(15,16)14(2)9-6-4-3-5-7-9/h9H,3-7H2,1-2H3,(H2,12,13). The van der Waals surface area contributed by atoms with Gasteiger partial charge in [0.25, 0.3) is 10.0 Å². The summed E-state index contributed by atoms with van der Waals surface area (Å²) < 4.78 is 26.8. The second-order valence-electron chi connectivity index (χ2n) is 4.74. The second-order valence-corrected chi connectivity index (χ2v) is 7.96. The molecule has 2 N–H and O–H groups in total. The molecule has 1 aromatic rings. The van der Waals surface area contributed by atoms with Crippen molar-refractivity contribution in [2.24, 2.45) is 0 Å². The van der Waals surface area contributed by atoms with Crippen LogP contribution in [0.3, 0.4) is 0 Å². The SMILES string of the molecule is Cc1nc(N)sc1S(=O)(=O)N(C)C1CCCCC1. The van der Waals surface area contributed by atoms with E-state index in [0.29, 0.717) is 10.8 Å². The average molecular weight is 289 g/mol. The number of nitrogens with zero attached hydrogens (tertiary/aromatic N) is 2. The molecule has 0 saturated heterocycles. The van der Waals surface area contributed by atoms with Gasteiger partial charge in [0.1, 0.15) is 0 Å². The molecule has 102 valence electrons. The Hall–Kier alpha value is -0.660. The van der Waals surface area contributed by atoms with Gasteiger partial charge in [-0.05, 0) is 19.8 Å². The third kappa shape index (κ3) is 2.53. The minimum atomic E-state index is -3.44. The first-order chi connectivity index (χ1) is 8.43. The van der Waals surface area contributed by atoms with Gasteiger partial charge in [-0.15, -0.1) is 0 Å². The van der Waals surface area contributed by atoms with Crippen LogP contribution in [-0.4, -0.2) is 30.8 Å². The smallest absolute Gasteiger partial charge is 0.254 e. The lowest BCUT2D eigenvalue weighted by Crippen LogP contribution is -2.38. The summed E-state index contributed by atoms with van der Waals surface area (Å²) in [5, 5.41) is 0.308. The summed E-state index contributed by atoms with van der Waals surface area (Å²) in [5.74, 6) is 0. The first kappa shape index (κ1) is 13.8. The molecule has 5 nitrogen and oxygen atoms in total. The van der Waals surface area contributed by atoms with Crippen molar-refractivity contribution < 1.29 is 8.42 Å². The van der Waals surface area contributed by atoms with Crippen molar-refractivity contribution in [2.75, 3.05) is 12.8 Å². The van der Waals surface area contributed by atoms with E-state index >= 15 is 0 Å². The van der Waals surface area contributed by atoms with E-state index in [-0.39, 0.29) is 10.3 Å². The summed E-state index contributed by atoms with van der Waals surface area (Å²) in [6.45, 7) is 1.69. The molecule has 0 unspecified atom stereocenters. The summed E-state index contributed by atoms with van der Waals surface area (Å²) in [6.07, 6.45) is 5.31. The van der Waals surface area contributed by atoms with E-state index in [9.17, 15) is 8.42 Å². The summed E-state index contributed by atoms with van der Waals surface area (Å²) in [4.78, 5) is 4.00. The van der Waals surface area contributed by atoms with Crippen LogP contribution in [-0.2, 0) is 10.0 Å². The Morgan fingerprint density at radius 3 is 2.44 bits per heavy atom. The number of rotatable bonds is 3. The van der Waals surface area contributed by atoms with Gasteiger partial charge in [-0.1, -0.05) is 30.6 Å². The molecule has 1 aliphatic carbocycles. The minimum Gasteiger partial charge on any atom is -0.375 e. The Balaban J connectivity index is 2.27. The molecule has 0 aliphatic heterocycles. The Bertz CT molecular complexity index is 518. The highest BCUT2D eigenvalue weighted by atomic mass is 32.2. The number of hydrogen-bond acceptors (Lipinski definition) is 5. The first-order valence-corrected chi connectivity index (χ1v) is 8.39. The monoisotopic (exact) mass is 289 g/mol. The molecule has 1 heterocycles. The predicted octanol–water partition coefficient (Wildman–Crippen LogP) is 1.99. The van der Waals surface area contributed by atoms with Crippen LogP contribution in [0.2, 0.25) is 0 Å². The normalized spacial score (nSPS) is 18.4. The van der Waals surface area contributed by atoms with Gasteiger partial charge in [-0.3, -0.25) is 0 Å². The van der Waals surface area contributed by atoms with Crippen LogP contribution in [0.4, 0.5) is 5.13 Å². The van der Waals surface area contributed by atoms with Crippen molar-refractivity contribution in [3.05, 3.63) is 5.69 Å². The van der Waals surface area contributed by atoms with Gasteiger partial charge >= 0.3 is 0 Å². The first-order valence-electron chi connectivity index (χ1n) is 6.14. The van der Waals surface area contributed by atoms with Crippen molar-refractivity contribution in [2.45, 2.75) is 49.3 Å². The Kier molecular flexibility index (Phi) is 3.93. The molecule has 1 saturated carbocycles. The lowest BCUT2D eigenvalue weighted by Gasteiger charge is -2.29. The van der Waals surface area contributed by atoms with E-state index < -0.39 is 10.0 Å². The molecule has 0 bridgehead atoms. The zero-order valence-corrected chi connectivity index (χ0v) is 12.4. The van der Waals surface area contributed by atoms with Crippen LogP contribution in [0.15, 0.2) is 4.21 Å². The Morgan fingerprint density at radius 1 is 1.33 bits per heavy atom. The number of hydrogen-bond donors (Lipinski definition) is 1. The largest absolute Gasteiger partial charge is 0.375 e. The highest BCUT2D eigenvalue weighted by molar-refractivity contribution is 7.91. The molecule has 1 fully saturated rings. The van der Waals surface area contributed by atoms with E-state index in [2.05, 4.69) is 4.98 Å². The average Bonchev–Trinajstić information content (AvgIpc) is 2.69. The van der Waals surface area contributed by atoms with Gasteiger partial charge in [-0.25, -0.2) is 13.4 Å². The van der Waals surface area contributed by atoms with Gasteiger partial charge < -0.3 is 5.73 Å². The second kappa shape index (κ2) is 5.14. The zero-order valence-electron chi connectivity index (χ0n) is 10.7. The number of nitrogens with two attached hydrogens (primary N) is 1. The molecule has 0 aromatic carbocycles. The molecule has 0 spiro atoms. The van der Waals surface area contributed by atoms with Gasteiger partial charge in [-0.2, -0.15) is 4.31 Å². The summed E-state index contributed by atoms with van der Waals surface area (Å²) in [7, 11) is -1.77. The maximum Gasteiger partial charge on any atom is 0.254 e. The van der Waals surface area contributed by atoms with Crippen LogP contribution in [0.5, 0.6) is 0 Å². The molecular formula is C11H19N3O2S2. The van der Waals surface area contributed by atoms with Crippen molar-refractivity contribution in [1.29, 1.82) is 0 Å². The highest BCUT2D eigenvalue weighted by Crippen LogP contribution is 2.31. The highest BCUT2D eigenvalue weighted by Gasteiger charge is 2.31. The lowest BCUT2D eigenvalue weighted by atomic mass is 9.96. The van der Waals surface area contributed by atoms with Crippen LogP contribution >= 0.6 is 11.3 Å². The Labute approximate surface area is 112 Å². The van der Waals surface area contributed by atoms with Crippen molar-refractivity contribution in [1.82, 2.24) is 9.29 Å². The van der Waals surface area contributed by atoms with Gasteiger partial charge in [0.15, 0.2) is 9.34 Å².